The van der Waals surface area contributed by atoms with Crippen LogP contribution in [0.2, 0.25) is 0 Å². The summed E-state index contributed by atoms with van der Waals surface area (Å²) in [6.45, 7) is 8.56. The van der Waals surface area contributed by atoms with Gasteiger partial charge in [-0.25, -0.2) is 0 Å². The number of nitrogens with one attached hydrogen (secondary N) is 1. The summed E-state index contributed by atoms with van der Waals surface area (Å²) < 4.78 is 5.24. The third-order valence-corrected chi connectivity index (χ3v) is 2.52. The molecule has 0 aromatic rings. The zero-order valence-electron chi connectivity index (χ0n) is 10.2. The van der Waals surface area contributed by atoms with Crippen LogP contribution < -0.4 is 5.32 Å². The standard InChI is InChI=1S/C11H26N2O/c1-5-7-8-13(6-2)11(9-12-3)10-14-4/h11-12H,5-10H2,1-4H3. The summed E-state index contributed by atoms with van der Waals surface area (Å²) in [5.41, 5.74) is 0. The van der Waals surface area contributed by atoms with Crippen LogP contribution in [0.1, 0.15) is 26.7 Å². The Kier molecular flexibility index (Phi) is 9.35. The minimum atomic E-state index is 0.515. The van der Waals surface area contributed by atoms with Crippen molar-refractivity contribution in [3.63, 3.8) is 0 Å². The number of rotatable bonds is 9. The van der Waals surface area contributed by atoms with Gasteiger partial charge >= 0.3 is 0 Å². The van der Waals surface area contributed by atoms with Gasteiger partial charge in [0.1, 0.15) is 0 Å². The first-order valence-electron chi connectivity index (χ1n) is 5.67. The molecule has 0 saturated carbocycles. The second kappa shape index (κ2) is 9.44. The van der Waals surface area contributed by atoms with Gasteiger partial charge in [-0.15, -0.1) is 0 Å². The lowest BCUT2D eigenvalue weighted by Gasteiger charge is -2.30. The summed E-state index contributed by atoms with van der Waals surface area (Å²) in [5.74, 6) is 0. The van der Waals surface area contributed by atoms with Crippen molar-refractivity contribution in [1.82, 2.24) is 10.2 Å². The van der Waals surface area contributed by atoms with Crippen molar-refractivity contribution in [2.75, 3.05) is 40.4 Å². The molecule has 0 fully saturated rings. The van der Waals surface area contributed by atoms with Crippen molar-refractivity contribution in [3.8, 4) is 0 Å². The minimum absolute atomic E-state index is 0.515. The summed E-state index contributed by atoms with van der Waals surface area (Å²) in [6, 6.07) is 0.515. The van der Waals surface area contributed by atoms with Crippen LogP contribution in [0.5, 0.6) is 0 Å². The molecule has 1 N–H and O–H groups in total. The molecule has 0 aliphatic rings. The minimum Gasteiger partial charge on any atom is -0.383 e. The van der Waals surface area contributed by atoms with Crippen molar-refractivity contribution < 1.29 is 4.74 Å². The van der Waals surface area contributed by atoms with Crippen LogP contribution >= 0.6 is 0 Å². The maximum absolute atomic E-state index is 5.24. The van der Waals surface area contributed by atoms with Gasteiger partial charge in [0, 0.05) is 19.7 Å². The van der Waals surface area contributed by atoms with Gasteiger partial charge in [-0.2, -0.15) is 0 Å². The number of unbranched alkanes of at least 4 members (excludes halogenated alkanes) is 1. The number of nitrogens with zero attached hydrogens (tertiary/aromatic N) is 1. The number of hydrogen-bond acceptors (Lipinski definition) is 3. The third kappa shape index (κ3) is 5.58. The second-order valence-corrected chi connectivity index (χ2v) is 3.65. The topological polar surface area (TPSA) is 24.5 Å². The van der Waals surface area contributed by atoms with Gasteiger partial charge in [0.2, 0.25) is 0 Å². The zero-order valence-corrected chi connectivity index (χ0v) is 10.2. The van der Waals surface area contributed by atoms with E-state index in [2.05, 4.69) is 24.1 Å². The van der Waals surface area contributed by atoms with Gasteiger partial charge < -0.3 is 10.1 Å². The molecule has 0 aliphatic heterocycles. The quantitative estimate of drug-likeness (QED) is 0.611. The molecule has 0 radical (unpaired) electrons. The molecule has 0 spiro atoms. The number of hydrogen-bond donors (Lipinski definition) is 1. The molecule has 1 unspecified atom stereocenters. The lowest BCUT2D eigenvalue weighted by molar-refractivity contribution is 0.0925. The molecule has 0 aliphatic carbocycles. The molecular weight excluding hydrogens is 176 g/mol. The fourth-order valence-corrected chi connectivity index (χ4v) is 1.68. The van der Waals surface area contributed by atoms with Crippen molar-refractivity contribution >= 4 is 0 Å². The lowest BCUT2D eigenvalue weighted by atomic mass is 10.2. The molecule has 0 bridgehead atoms. The Morgan fingerprint density at radius 3 is 2.50 bits per heavy atom. The van der Waals surface area contributed by atoms with E-state index < -0.39 is 0 Å². The first kappa shape index (κ1) is 13.9. The highest BCUT2D eigenvalue weighted by atomic mass is 16.5. The molecule has 0 aromatic carbocycles. The van der Waals surface area contributed by atoms with E-state index in [1.807, 2.05) is 7.05 Å². The smallest absolute Gasteiger partial charge is 0.0630 e. The lowest BCUT2D eigenvalue weighted by Crippen LogP contribution is -2.44. The molecule has 3 nitrogen and oxygen atoms in total. The maximum atomic E-state index is 5.24. The highest BCUT2D eigenvalue weighted by Crippen LogP contribution is 2.02. The normalized spacial score (nSPS) is 13.5. The monoisotopic (exact) mass is 202 g/mol. The Morgan fingerprint density at radius 1 is 1.36 bits per heavy atom. The Morgan fingerprint density at radius 2 is 2.07 bits per heavy atom. The predicted octanol–water partition coefficient (Wildman–Crippen LogP) is 1.34. The number of ether oxygens (including phenoxy) is 1. The average Bonchev–Trinajstić information content (AvgIpc) is 2.19. The molecule has 0 saturated heterocycles. The molecule has 86 valence electrons. The fourth-order valence-electron chi connectivity index (χ4n) is 1.68. The van der Waals surface area contributed by atoms with Gasteiger partial charge in [-0.05, 0) is 26.6 Å². The van der Waals surface area contributed by atoms with E-state index in [1.165, 1.54) is 19.4 Å². The largest absolute Gasteiger partial charge is 0.383 e. The Hall–Kier alpha value is -0.120. The van der Waals surface area contributed by atoms with E-state index in [4.69, 9.17) is 4.74 Å². The van der Waals surface area contributed by atoms with Gasteiger partial charge in [0.25, 0.3) is 0 Å². The first-order chi connectivity index (χ1) is 6.79. The molecular formula is C11H26N2O. The SMILES string of the molecule is CCCCN(CC)C(CNC)COC. The van der Waals surface area contributed by atoms with Crippen molar-refractivity contribution in [3.05, 3.63) is 0 Å². The van der Waals surface area contributed by atoms with Crippen LogP contribution in [0.15, 0.2) is 0 Å². The molecule has 14 heavy (non-hydrogen) atoms. The molecule has 3 heteroatoms. The highest BCUT2D eigenvalue weighted by Gasteiger charge is 2.14. The third-order valence-electron chi connectivity index (χ3n) is 2.52. The van der Waals surface area contributed by atoms with Gasteiger partial charge in [0.05, 0.1) is 6.61 Å². The summed E-state index contributed by atoms with van der Waals surface area (Å²) in [4.78, 5) is 2.49. The molecule has 0 heterocycles. The molecule has 1 atom stereocenters. The maximum Gasteiger partial charge on any atom is 0.0630 e. The van der Waals surface area contributed by atoms with E-state index in [-0.39, 0.29) is 0 Å². The van der Waals surface area contributed by atoms with Crippen LogP contribution in [0.4, 0.5) is 0 Å². The van der Waals surface area contributed by atoms with E-state index in [9.17, 15) is 0 Å². The van der Waals surface area contributed by atoms with Crippen LogP contribution in [-0.4, -0.2) is 51.3 Å². The summed E-state index contributed by atoms with van der Waals surface area (Å²) in [5, 5.41) is 3.22. The summed E-state index contributed by atoms with van der Waals surface area (Å²) in [7, 11) is 3.77. The van der Waals surface area contributed by atoms with E-state index >= 15 is 0 Å². The Labute approximate surface area is 88.8 Å². The van der Waals surface area contributed by atoms with E-state index in [1.54, 1.807) is 7.11 Å². The zero-order chi connectivity index (χ0) is 10.8. The van der Waals surface area contributed by atoms with E-state index in [0.717, 1.165) is 19.7 Å². The van der Waals surface area contributed by atoms with Crippen molar-refractivity contribution in [1.29, 1.82) is 0 Å². The molecule has 0 amide bonds. The van der Waals surface area contributed by atoms with Crippen molar-refractivity contribution in [2.45, 2.75) is 32.7 Å². The van der Waals surface area contributed by atoms with Crippen LogP contribution in [0.25, 0.3) is 0 Å². The van der Waals surface area contributed by atoms with Crippen LogP contribution in [-0.2, 0) is 4.74 Å². The predicted molar refractivity (Wildman–Crippen MR) is 61.7 cm³/mol. The summed E-state index contributed by atoms with van der Waals surface area (Å²) >= 11 is 0. The molecule has 0 rings (SSSR count). The van der Waals surface area contributed by atoms with Gasteiger partial charge in [-0.1, -0.05) is 20.3 Å². The van der Waals surface area contributed by atoms with Gasteiger partial charge in [0.15, 0.2) is 0 Å². The highest BCUT2D eigenvalue weighted by molar-refractivity contribution is 4.72. The number of likely N-dealkylation sites (N-methyl/N-ethyl adjacent to an activating group) is 2. The first-order valence-corrected chi connectivity index (χ1v) is 5.67. The fraction of sp³-hybridized carbons (Fsp3) is 1.00. The van der Waals surface area contributed by atoms with Crippen molar-refractivity contribution in [2.24, 2.45) is 0 Å². The average molecular weight is 202 g/mol. The second-order valence-electron chi connectivity index (χ2n) is 3.65. The van der Waals surface area contributed by atoms with E-state index in [0.29, 0.717) is 6.04 Å². The molecule has 0 aromatic heterocycles. The van der Waals surface area contributed by atoms with Crippen LogP contribution in [0, 0.1) is 0 Å². The Bertz CT molecular complexity index is 114. The van der Waals surface area contributed by atoms with Crippen LogP contribution in [0.3, 0.4) is 0 Å². The summed E-state index contributed by atoms with van der Waals surface area (Å²) in [6.07, 6.45) is 2.54. The van der Waals surface area contributed by atoms with Gasteiger partial charge in [-0.3, -0.25) is 4.90 Å². The number of methoxy groups -OCH3 is 1. The Balaban J connectivity index is 3.96.